The Morgan fingerprint density at radius 1 is 1.25 bits per heavy atom. The van der Waals surface area contributed by atoms with Crippen LogP contribution in [0.1, 0.15) is 73.7 Å². The summed E-state index contributed by atoms with van der Waals surface area (Å²) in [5.41, 5.74) is 0.312. The Kier molecular flexibility index (Phi) is 5.66. The van der Waals surface area contributed by atoms with Gasteiger partial charge in [-0.25, -0.2) is 4.79 Å². The molecule has 5 nitrogen and oxygen atoms in total. The topological polar surface area (TPSA) is 79.2 Å². The van der Waals surface area contributed by atoms with Gasteiger partial charge in [-0.05, 0) is 46.1 Å². The van der Waals surface area contributed by atoms with E-state index in [0.29, 0.717) is 21.0 Å². The molecule has 0 bridgehead atoms. The Morgan fingerprint density at radius 3 is 2.42 bits per heavy atom. The zero-order valence-corrected chi connectivity index (χ0v) is 15.5. The van der Waals surface area contributed by atoms with Gasteiger partial charge in [0.2, 0.25) is 5.91 Å². The van der Waals surface area contributed by atoms with Crippen molar-refractivity contribution in [2.24, 2.45) is 5.92 Å². The number of hydrogen-bond acceptors (Lipinski definition) is 5. The maximum Gasteiger partial charge on any atom is 0.349 e. The SMILES string of the molecule is Cc1c(C(=O)OC(C)(C)C)sc(NC(=O)C2CCCCC2)c1C#N. The molecule has 1 amide bonds. The van der Waals surface area contributed by atoms with Crippen molar-refractivity contribution < 1.29 is 14.3 Å². The number of nitrogens with one attached hydrogen (secondary N) is 1. The lowest BCUT2D eigenvalue weighted by molar-refractivity contribution is -0.120. The van der Waals surface area contributed by atoms with E-state index in [1.54, 1.807) is 27.7 Å². The molecule has 0 radical (unpaired) electrons. The summed E-state index contributed by atoms with van der Waals surface area (Å²) in [6.45, 7) is 7.10. The van der Waals surface area contributed by atoms with Crippen molar-refractivity contribution in [3.05, 3.63) is 16.0 Å². The molecular weight excluding hydrogens is 324 g/mol. The third-order valence-electron chi connectivity index (χ3n) is 4.06. The molecule has 1 aliphatic rings. The van der Waals surface area contributed by atoms with Crippen molar-refractivity contribution in [3.8, 4) is 6.07 Å². The predicted octanol–water partition coefficient (Wildman–Crippen LogP) is 4.40. The molecule has 1 fully saturated rings. The van der Waals surface area contributed by atoms with Crippen molar-refractivity contribution in [2.45, 2.75) is 65.4 Å². The molecule has 1 saturated carbocycles. The smallest absolute Gasteiger partial charge is 0.349 e. The van der Waals surface area contributed by atoms with E-state index in [2.05, 4.69) is 11.4 Å². The van der Waals surface area contributed by atoms with E-state index < -0.39 is 11.6 Å². The third-order valence-corrected chi connectivity index (χ3v) is 5.24. The summed E-state index contributed by atoms with van der Waals surface area (Å²) in [5.74, 6) is -0.513. The van der Waals surface area contributed by atoms with Crippen molar-refractivity contribution in [3.63, 3.8) is 0 Å². The van der Waals surface area contributed by atoms with Crippen LogP contribution in [-0.2, 0) is 9.53 Å². The number of thiophene rings is 1. The molecule has 0 saturated heterocycles. The maximum atomic E-state index is 12.4. The quantitative estimate of drug-likeness (QED) is 0.821. The zero-order valence-electron chi connectivity index (χ0n) is 14.7. The molecule has 130 valence electrons. The fourth-order valence-corrected chi connectivity index (χ4v) is 3.87. The van der Waals surface area contributed by atoms with Crippen LogP contribution in [0.5, 0.6) is 0 Å². The van der Waals surface area contributed by atoms with Crippen molar-refractivity contribution >= 4 is 28.2 Å². The van der Waals surface area contributed by atoms with Crippen LogP contribution in [0.25, 0.3) is 0 Å². The molecule has 1 aromatic heterocycles. The van der Waals surface area contributed by atoms with Crippen LogP contribution in [0, 0.1) is 24.2 Å². The summed E-state index contributed by atoms with van der Waals surface area (Å²) in [6, 6.07) is 2.10. The Labute approximate surface area is 147 Å². The number of rotatable bonds is 3. The highest BCUT2D eigenvalue weighted by atomic mass is 32.1. The van der Waals surface area contributed by atoms with E-state index in [0.717, 1.165) is 37.0 Å². The van der Waals surface area contributed by atoms with Gasteiger partial charge in [-0.1, -0.05) is 19.3 Å². The molecule has 1 heterocycles. The van der Waals surface area contributed by atoms with Crippen LogP contribution < -0.4 is 5.32 Å². The first-order valence-corrected chi connectivity index (χ1v) is 9.12. The van der Waals surface area contributed by atoms with Gasteiger partial charge in [0, 0.05) is 5.92 Å². The van der Waals surface area contributed by atoms with Crippen LogP contribution >= 0.6 is 11.3 Å². The molecule has 2 rings (SSSR count). The Hall–Kier alpha value is -1.87. The summed E-state index contributed by atoms with van der Waals surface area (Å²) in [5, 5.41) is 12.7. The normalized spacial score (nSPS) is 15.6. The number of carbonyl (C=O) groups excluding carboxylic acids is 2. The number of hydrogen-bond donors (Lipinski definition) is 1. The van der Waals surface area contributed by atoms with Gasteiger partial charge in [0.1, 0.15) is 21.5 Å². The van der Waals surface area contributed by atoms with Crippen molar-refractivity contribution in [1.29, 1.82) is 5.26 Å². The fourth-order valence-electron chi connectivity index (χ4n) is 2.83. The highest BCUT2D eigenvalue weighted by Gasteiger charge is 2.27. The van der Waals surface area contributed by atoms with Crippen molar-refractivity contribution in [1.82, 2.24) is 0 Å². The largest absolute Gasteiger partial charge is 0.456 e. The number of amides is 1. The standard InChI is InChI=1S/C18H24N2O3S/c1-11-13(10-19)16(20-15(21)12-8-6-5-7-9-12)24-14(11)17(22)23-18(2,3)4/h12H,5-9H2,1-4H3,(H,20,21). The molecule has 0 atom stereocenters. The van der Waals surface area contributed by atoms with Gasteiger partial charge in [0.25, 0.3) is 0 Å². The van der Waals surface area contributed by atoms with Crippen LogP contribution in [0.4, 0.5) is 5.00 Å². The van der Waals surface area contributed by atoms with Gasteiger partial charge in [-0.15, -0.1) is 11.3 Å². The highest BCUT2D eigenvalue weighted by Crippen LogP contribution is 2.35. The van der Waals surface area contributed by atoms with Crippen LogP contribution in [0.3, 0.4) is 0 Å². The summed E-state index contributed by atoms with van der Waals surface area (Å²) >= 11 is 1.12. The van der Waals surface area contributed by atoms with E-state index >= 15 is 0 Å². The molecule has 1 aromatic rings. The second-order valence-corrected chi connectivity index (χ2v) is 8.22. The van der Waals surface area contributed by atoms with Crippen LogP contribution in [0.15, 0.2) is 0 Å². The van der Waals surface area contributed by atoms with E-state index in [4.69, 9.17) is 4.74 Å². The molecule has 1 aliphatic carbocycles. The Morgan fingerprint density at radius 2 is 1.88 bits per heavy atom. The lowest BCUT2D eigenvalue weighted by Crippen LogP contribution is -2.24. The lowest BCUT2D eigenvalue weighted by atomic mass is 9.89. The first-order chi connectivity index (χ1) is 11.2. The number of carbonyl (C=O) groups is 2. The summed E-state index contributed by atoms with van der Waals surface area (Å²) in [4.78, 5) is 25.1. The molecular formula is C18H24N2O3S. The summed E-state index contributed by atoms with van der Waals surface area (Å²) in [6.07, 6.45) is 5.08. The van der Waals surface area contributed by atoms with E-state index in [1.807, 2.05) is 0 Å². The average Bonchev–Trinajstić information content (AvgIpc) is 2.82. The second kappa shape index (κ2) is 7.35. The van der Waals surface area contributed by atoms with Crippen LogP contribution in [0.2, 0.25) is 0 Å². The van der Waals surface area contributed by atoms with Crippen LogP contribution in [-0.4, -0.2) is 17.5 Å². The first kappa shape index (κ1) is 18.5. The van der Waals surface area contributed by atoms with Gasteiger partial charge in [-0.2, -0.15) is 5.26 Å². The number of nitriles is 1. The third kappa shape index (κ3) is 4.35. The van der Waals surface area contributed by atoms with Gasteiger partial charge < -0.3 is 10.1 Å². The number of anilines is 1. The maximum absolute atomic E-state index is 12.4. The minimum Gasteiger partial charge on any atom is -0.456 e. The number of esters is 1. The zero-order chi connectivity index (χ0) is 17.9. The van der Waals surface area contributed by atoms with Gasteiger partial charge in [0.15, 0.2) is 0 Å². The summed E-state index contributed by atoms with van der Waals surface area (Å²) < 4.78 is 5.39. The molecule has 0 aliphatic heterocycles. The molecule has 0 aromatic carbocycles. The first-order valence-electron chi connectivity index (χ1n) is 8.30. The Bertz CT molecular complexity index is 674. The monoisotopic (exact) mass is 348 g/mol. The molecule has 0 spiro atoms. The van der Waals surface area contributed by atoms with Gasteiger partial charge in [0.05, 0.1) is 5.56 Å². The number of nitrogens with zero attached hydrogens (tertiary/aromatic N) is 1. The minimum atomic E-state index is -0.605. The molecule has 1 N–H and O–H groups in total. The highest BCUT2D eigenvalue weighted by molar-refractivity contribution is 7.18. The lowest BCUT2D eigenvalue weighted by Gasteiger charge is -2.20. The van der Waals surface area contributed by atoms with E-state index in [-0.39, 0.29) is 11.8 Å². The Balaban J connectivity index is 2.21. The van der Waals surface area contributed by atoms with Gasteiger partial charge >= 0.3 is 5.97 Å². The average molecular weight is 348 g/mol. The summed E-state index contributed by atoms with van der Waals surface area (Å²) in [7, 11) is 0. The minimum absolute atomic E-state index is 0.00215. The number of ether oxygens (including phenoxy) is 1. The molecule has 24 heavy (non-hydrogen) atoms. The fraction of sp³-hybridized carbons (Fsp3) is 0.611. The van der Waals surface area contributed by atoms with Gasteiger partial charge in [-0.3, -0.25) is 4.79 Å². The van der Waals surface area contributed by atoms with E-state index in [1.165, 1.54) is 6.42 Å². The van der Waals surface area contributed by atoms with Crippen molar-refractivity contribution in [2.75, 3.05) is 5.32 Å². The molecule has 6 heteroatoms. The molecule has 0 unspecified atom stereocenters. The predicted molar refractivity (Wildman–Crippen MR) is 94.1 cm³/mol. The second-order valence-electron chi connectivity index (χ2n) is 7.20. The van der Waals surface area contributed by atoms with E-state index in [9.17, 15) is 14.9 Å².